The first-order chi connectivity index (χ1) is 9.10. The van der Waals surface area contributed by atoms with E-state index in [1.54, 1.807) is 11.3 Å². The molecule has 1 unspecified atom stereocenters. The van der Waals surface area contributed by atoms with Gasteiger partial charge < -0.3 is 10.6 Å². The molecule has 2 aromatic rings. The number of hydrogen-bond acceptors (Lipinski definition) is 4. The van der Waals surface area contributed by atoms with Crippen LogP contribution in [0, 0.1) is 0 Å². The lowest BCUT2D eigenvalue weighted by atomic mass is 10.1. The highest BCUT2D eigenvalue weighted by Crippen LogP contribution is 2.20. The zero-order chi connectivity index (χ0) is 13.8. The van der Waals surface area contributed by atoms with Crippen LogP contribution in [0.25, 0.3) is 0 Å². The summed E-state index contributed by atoms with van der Waals surface area (Å²) in [4.78, 5) is 6.77. The van der Waals surface area contributed by atoms with Crippen LogP contribution in [0.5, 0.6) is 0 Å². The van der Waals surface area contributed by atoms with Gasteiger partial charge in [0, 0.05) is 18.1 Å². The molecule has 2 N–H and O–H groups in total. The number of hydrogen-bond donors (Lipinski definition) is 1. The molecule has 19 heavy (non-hydrogen) atoms. The van der Waals surface area contributed by atoms with Gasteiger partial charge in [-0.15, -0.1) is 11.3 Å². The van der Waals surface area contributed by atoms with E-state index in [2.05, 4.69) is 53.5 Å². The standard InChI is InChI=1S/C15H21N3S/c1-4-12-5-7-14(8-6-12)18(3)9-13-10-19-15(17-13)11(2)16/h5-8,10-11H,4,9,16H2,1-3H3. The highest BCUT2D eigenvalue weighted by molar-refractivity contribution is 7.09. The molecule has 0 bridgehead atoms. The second kappa shape index (κ2) is 6.17. The molecule has 0 spiro atoms. The average molecular weight is 275 g/mol. The van der Waals surface area contributed by atoms with Gasteiger partial charge in [0.2, 0.25) is 0 Å². The summed E-state index contributed by atoms with van der Waals surface area (Å²) in [5.74, 6) is 0. The zero-order valence-corrected chi connectivity index (χ0v) is 12.6. The molecule has 0 amide bonds. The maximum atomic E-state index is 5.84. The van der Waals surface area contributed by atoms with Crippen molar-refractivity contribution in [3.8, 4) is 0 Å². The Hall–Kier alpha value is -1.39. The first-order valence-electron chi connectivity index (χ1n) is 6.60. The van der Waals surface area contributed by atoms with Crippen LogP contribution < -0.4 is 10.6 Å². The van der Waals surface area contributed by atoms with Crippen molar-refractivity contribution in [3.05, 3.63) is 45.9 Å². The summed E-state index contributed by atoms with van der Waals surface area (Å²) >= 11 is 1.64. The van der Waals surface area contributed by atoms with Crippen molar-refractivity contribution in [2.75, 3.05) is 11.9 Å². The molecule has 0 aliphatic heterocycles. The van der Waals surface area contributed by atoms with Gasteiger partial charge in [0.05, 0.1) is 18.3 Å². The van der Waals surface area contributed by atoms with Crippen LogP contribution in [0.1, 0.15) is 36.2 Å². The van der Waals surface area contributed by atoms with Crippen LogP contribution in [0.2, 0.25) is 0 Å². The van der Waals surface area contributed by atoms with Gasteiger partial charge in [-0.1, -0.05) is 19.1 Å². The molecule has 1 aromatic carbocycles. The normalized spacial score (nSPS) is 12.4. The number of aromatic nitrogens is 1. The second-order valence-electron chi connectivity index (χ2n) is 4.84. The Balaban J connectivity index is 2.04. The largest absolute Gasteiger partial charge is 0.369 e. The van der Waals surface area contributed by atoms with E-state index in [1.807, 2.05) is 6.92 Å². The molecule has 0 aliphatic rings. The van der Waals surface area contributed by atoms with Crippen molar-refractivity contribution in [2.24, 2.45) is 5.73 Å². The topological polar surface area (TPSA) is 42.1 Å². The van der Waals surface area contributed by atoms with Crippen molar-refractivity contribution >= 4 is 17.0 Å². The van der Waals surface area contributed by atoms with Crippen LogP contribution in [-0.4, -0.2) is 12.0 Å². The molecule has 1 atom stereocenters. The fourth-order valence-corrected chi connectivity index (χ4v) is 2.69. The van der Waals surface area contributed by atoms with Gasteiger partial charge in [-0.2, -0.15) is 0 Å². The lowest BCUT2D eigenvalue weighted by Gasteiger charge is -2.18. The Labute approximate surface area is 119 Å². The molecule has 0 radical (unpaired) electrons. The SMILES string of the molecule is CCc1ccc(N(C)Cc2csc(C(C)N)n2)cc1. The van der Waals surface area contributed by atoms with Gasteiger partial charge in [-0.3, -0.25) is 0 Å². The average Bonchev–Trinajstić information content (AvgIpc) is 2.87. The third-order valence-electron chi connectivity index (χ3n) is 3.14. The van der Waals surface area contributed by atoms with Crippen molar-refractivity contribution in [1.29, 1.82) is 0 Å². The molecule has 1 heterocycles. The van der Waals surface area contributed by atoms with Gasteiger partial charge in [-0.05, 0) is 31.0 Å². The number of aryl methyl sites for hydroxylation is 1. The van der Waals surface area contributed by atoms with Crippen LogP contribution in [-0.2, 0) is 13.0 Å². The maximum Gasteiger partial charge on any atom is 0.109 e. The maximum absolute atomic E-state index is 5.84. The van der Waals surface area contributed by atoms with Crippen LogP contribution in [0.15, 0.2) is 29.6 Å². The van der Waals surface area contributed by atoms with E-state index in [9.17, 15) is 0 Å². The van der Waals surface area contributed by atoms with Gasteiger partial charge in [0.15, 0.2) is 0 Å². The monoisotopic (exact) mass is 275 g/mol. The van der Waals surface area contributed by atoms with Gasteiger partial charge in [-0.25, -0.2) is 4.98 Å². The molecular weight excluding hydrogens is 254 g/mol. The molecule has 0 saturated heterocycles. The summed E-state index contributed by atoms with van der Waals surface area (Å²) in [5.41, 5.74) is 9.50. The van der Waals surface area contributed by atoms with Crippen molar-refractivity contribution in [1.82, 2.24) is 4.98 Å². The number of benzene rings is 1. The molecule has 1 aromatic heterocycles. The van der Waals surface area contributed by atoms with E-state index in [1.165, 1.54) is 11.3 Å². The number of thiazole rings is 1. The number of nitrogens with two attached hydrogens (primary N) is 1. The molecule has 0 saturated carbocycles. The summed E-state index contributed by atoms with van der Waals surface area (Å²) in [7, 11) is 2.09. The Kier molecular flexibility index (Phi) is 4.56. The van der Waals surface area contributed by atoms with Crippen molar-refractivity contribution in [2.45, 2.75) is 32.9 Å². The number of rotatable bonds is 5. The predicted molar refractivity (Wildman–Crippen MR) is 82.6 cm³/mol. The Morgan fingerprint density at radius 3 is 2.53 bits per heavy atom. The van der Waals surface area contributed by atoms with Crippen LogP contribution >= 0.6 is 11.3 Å². The third kappa shape index (κ3) is 3.55. The highest BCUT2D eigenvalue weighted by atomic mass is 32.1. The molecule has 0 aliphatic carbocycles. The minimum atomic E-state index is 0.0212. The summed E-state index contributed by atoms with van der Waals surface area (Å²) in [5, 5.41) is 3.10. The first-order valence-corrected chi connectivity index (χ1v) is 7.48. The van der Waals surface area contributed by atoms with Gasteiger partial charge in [0.1, 0.15) is 5.01 Å². The lowest BCUT2D eigenvalue weighted by Crippen LogP contribution is -2.16. The van der Waals surface area contributed by atoms with Gasteiger partial charge in [0.25, 0.3) is 0 Å². The van der Waals surface area contributed by atoms with E-state index >= 15 is 0 Å². The molecule has 0 fully saturated rings. The van der Waals surface area contributed by atoms with Crippen molar-refractivity contribution in [3.63, 3.8) is 0 Å². The molecule has 102 valence electrons. The quantitative estimate of drug-likeness (QED) is 0.909. The summed E-state index contributed by atoms with van der Waals surface area (Å²) < 4.78 is 0. The van der Waals surface area contributed by atoms with E-state index in [0.29, 0.717) is 0 Å². The Morgan fingerprint density at radius 2 is 2.00 bits per heavy atom. The fourth-order valence-electron chi connectivity index (χ4n) is 1.92. The lowest BCUT2D eigenvalue weighted by molar-refractivity contribution is 0.790. The third-order valence-corrected chi connectivity index (χ3v) is 4.24. The first kappa shape index (κ1) is 14.0. The minimum absolute atomic E-state index is 0.0212. The fraction of sp³-hybridized carbons (Fsp3) is 0.400. The summed E-state index contributed by atoms with van der Waals surface area (Å²) in [6.45, 7) is 4.95. The van der Waals surface area contributed by atoms with E-state index < -0.39 is 0 Å². The Morgan fingerprint density at radius 1 is 1.32 bits per heavy atom. The predicted octanol–water partition coefficient (Wildman–Crippen LogP) is 3.36. The second-order valence-corrected chi connectivity index (χ2v) is 5.73. The smallest absolute Gasteiger partial charge is 0.109 e. The zero-order valence-electron chi connectivity index (χ0n) is 11.8. The van der Waals surface area contributed by atoms with Crippen molar-refractivity contribution < 1.29 is 0 Å². The Bertz CT molecular complexity index is 516. The van der Waals surface area contributed by atoms with E-state index in [0.717, 1.165) is 23.7 Å². The van der Waals surface area contributed by atoms with Crippen LogP contribution in [0.4, 0.5) is 5.69 Å². The van der Waals surface area contributed by atoms with E-state index in [4.69, 9.17) is 5.73 Å². The minimum Gasteiger partial charge on any atom is -0.369 e. The number of nitrogens with zero attached hydrogens (tertiary/aromatic N) is 2. The summed E-state index contributed by atoms with van der Waals surface area (Å²) in [6, 6.07) is 8.71. The highest BCUT2D eigenvalue weighted by Gasteiger charge is 2.08. The molecule has 4 heteroatoms. The number of anilines is 1. The van der Waals surface area contributed by atoms with Gasteiger partial charge >= 0.3 is 0 Å². The summed E-state index contributed by atoms with van der Waals surface area (Å²) in [6.07, 6.45) is 1.08. The molecular formula is C15H21N3S. The van der Waals surface area contributed by atoms with Crippen LogP contribution in [0.3, 0.4) is 0 Å². The molecule has 3 nitrogen and oxygen atoms in total. The van der Waals surface area contributed by atoms with E-state index in [-0.39, 0.29) is 6.04 Å². The molecule has 2 rings (SSSR count).